The van der Waals surface area contributed by atoms with Gasteiger partial charge in [-0.2, -0.15) is 16.9 Å². The number of aromatic nitrogens is 2. The topological polar surface area (TPSA) is 29.9 Å². The van der Waals surface area contributed by atoms with Gasteiger partial charge in [-0.15, -0.1) is 0 Å². The quantitative estimate of drug-likeness (QED) is 0.915. The molecule has 94 valence electrons. The Balaban J connectivity index is 1.60. The predicted octanol–water partition coefficient (Wildman–Crippen LogP) is 2.47. The summed E-state index contributed by atoms with van der Waals surface area (Å²) in [6.07, 6.45) is 5.06. The highest BCUT2D eigenvalue weighted by molar-refractivity contribution is 7.99. The third kappa shape index (κ3) is 2.76. The van der Waals surface area contributed by atoms with Crippen molar-refractivity contribution in [1.82, 2.24) is 15.1 Å². The van der Waals surface area contributed by atoms with Gasteiger partial charge in [0, 0.05) is 30.7 Å². The Labute approximate surface area is 112 Å². The molecule has 1 atom stereocenters. The molecule has 0 radical (unpaired) electrons. The molecule has 1 aromatic heterocycles. The van der Waals surface area contributed by atoms with Gasteiger partial charge in [0.15, 0.2) is 0 Å². The van der Waals surface area contributed by atoms with Crippen molar-refractivity contribution < 1.29 is 0 Å². The maximum Gasteiger partial charge on any atom is 0.0645 e. The number of rotatable bonds is 4. The summed E-state index contributed by atoms with van der Waals surface area (Å²) in [6, 6.07) is 11.2. The van der Waals surface area contributed by atoms with E-state index in [1.165, 1.54) is 23.5 Å². The average molecular weight is 259 g/mol. The molecule has 0 spiro atoms. The molecule has 0 saturated carbocycles. The average Bonchev–Trinajstić information content (AvgIpc) is 3.10. The zero-order valence-electron chi connectivity index (χ0n) is 10.2. The second kappa shape index (κ2) is 5.59. The van der Waals surface area contributed by atoms with Crippen LogP contribution < -0.4 is 5.32 Å². The normalized spacial score (nSPS) is 19.2. The largest absolute Gasteiger partial charge is 0.309 e. The first-order chi connectivity index (χ1) is 8.92. The molecule has 1 aliphatic rings. The van der Waals surface area contributed by atoms with Crippen LogP contribution in [0.4, 0.5) is 0 Å². The number of hydrogen-bond acceptors (Lipinski definition) is 3. The summed E-state index contributed by atoms with van der Waals surface area (Å²) < 4.78 is 1.88. The molecule has 4 heteroatoms. The van der Waals surface area contributed by atoms with Crippen LogP contribution in [0.25, 0.3) is 5.69 Å². The highest BCUT2D eigenvalue weighted by atomic mass is 32.2. The fourth-order valence-electron chi connectivity index (χ4n) is 2.15. The molecule has 0 bridgehead atoms. The molecule has 3 rings (SSSR count). The standard InChI is InChI=1S/C14H17N3S/c1-7-16-17(8-1)14-4-2-12(3-5-14)10-15-13-6-9-18-11-13/h1-5,7-8,13,15H,6,9-11H2. The first-order valence-electron chi connectivity index (χ1n) is 6.32. The monoisotopic (exact) mass is 259 g/mol. The predicted molar refractivity (Wildman–Crippen MR) is 76.1 cm³/mol. The third-order valence-corrected chi connectivity index (χ3v) is 4.39. The van der Waals surface area contributed by atoms with Gasteiger partial charge in [-0.3, -0.25) is 0 Å². The lowest BCUT2D eigenvalue weighted by molar-refractivity contribution is 0.558. The maximum absolute atomic E-state index is 4.22. The number of nitrogens with zero attached hydrogens (tertiary/aromatic N) is 2. The molecule has 1 fully saturated rings. The van der Waals surface area contributed by atoms with Crippen LogP contribution in [0.1, 0.15) is 12.0 Å². The Morgan fingerprint density at radius 1 is 1.33 bits per heavy atom. The highest BCUT2D eigenvalue weighted by Gasteiger charge is 2.14. The fraction of sp³-hybridized carbons (Fsp3) is 0.357. The van der Waals surface area contributed by atoms with Crippen LogP contribution in [0, 0.1) is 0 Å². The van der Waals surface area contributed by atoms with E-state index >= 15 is 0 Å². The molecule has 1 aliphatic heterocycles. The van der Waals surface area contributed by atoms with Crippen LogP contribution in [0.2, 0.25) is 0 Å². The highest BCUT2D eigenvalue weighted by Crippen LogP contribution is 2.17. The van der Waals surface area contributed by atoms with Crippen LogP contribution in [0.5, 0.6) is 0 Å². The third-order valence-electron chi connectivity index (χ3n) is 3.23. The van der Waals surface area contributed by atoms with Crippen LogP contribution in [-0.2, 0) is 6.54 Å². The van der Waals surface area contributed by atoms with E-state index in [1.807, 2.05) is 28.7 Å². The van der Waals surface area contributed by atoms with Gasteiger partial charge >= 0.3 is 0 Å². The van der Waals surface area contributed by atoms with Crippen LogP contribution in [0.15, 0.2) is 42.7 Å². The molecule has 0 aliphatic carbocycles. The zero-order chi connectivity index (χ0) is 12.2. The molecule has 0 amide bonds. The smallest absolute Gasteiger partial charge is 0.0645 e. The van der Waals surface area contributed by atoms with Gasteiger partial charge < -0.3 is 5.32 Å². The first kappa shape index (κ1) is 11.8. The van der Waals surface area contributed by atoms with Crippen molar-refractivity contribution in [2.75, 3.05) is 11.5 Å². The molecule has 1 aromatic carbocycles. The summed E-state index contributed by atoms with van der Waals surface area (Å²) >= 11 is 2.04. The minimum absolute atomic E-state index is 0.695. The molecule has 1 saturated heterocycles. The number of benzene rings is 1. The van der Waals surface area contributed by atoms with Gasteiger partial charge in [0.25, 0.3) is 0 Å². The molecule has 3 nitrogen and oxygen atoms in total. The minimum atomic E-state index is 0.695. The SMILES string of the molecule is c1cnn(-c2ccc(CNC3CCSC3)cc2)c1. The Kier molecular flexibility index (Phi) is 3.67. The lowest BCUT2D eigenvalue weighted by Crippen LogP contribution is -2.27. The first-order valence-corrected chi connectivity index (χ1v) is 7.47. The maximum atomic E-state index is 4.22. The zero-order valence-corrected chi connectivity index (χ0v) is 11.1. The van der Waals surface area contributed by atoms with Gasteiger partial charge in [0.2, 0.25) is 0 Å². The van der Waals surface area contributed by atoms with Crippen molar-refractivity contribution in [3.05, 3.63) is 48.3 Å². The van der Waals surface area contributed by atoms with E-state index in [1.54, 1.807) is 6.20 Å². The van der Waals surface area contributed by atoms with E-state index in [4.69, 9.17) is 0 Å². The van der Waals surface area contributed by atoms with Crippen molar-refractivity contribution in [3.8, 4) is 5.69 Å². The summed E-state index contributed by atoms with van der Waals surface area (Å²) in [5.74, 6) is 2.56. The van der Waals surface area contributed by atoms with E-state index in [0.717, 1.165) is 12.2 Å². The number of thioether (sulfide) groups is 1. The number of hydrogen-bond donors (Lipinski definition) is 1. The van der Waals surface area contributed by atoms with Crippen LogP contribution >= 0.6 is 11.8 Å². The summed E-state index contributed by atoms with van der Waals surface area (Å²) in [4.78, 5) is 0. The van der Waals surface area contributed by atoms with Crippen LogP contribution in [-0.4, -0.2) is 27.3 Å². The fourth-order valence-corrected chi connectivity index (χ4v) is 3.33. The Bertz CT molecular complexity index is 472. The number of nitrogens with one attached hydrogen (secondary N) is 1. The van der Waals surface area contributed by atoms with Crippen molar-refractivity contribution in [1.29, 1.82) is 0 Å². The van der Waals surface area contributed by atoms with E-state index in [-0.39, 0.29) is 0 Å². The molecule has 2 aromatic rings. The van der Waals surface area contributed by atoms with Gasteiger partial charge in [0.1, 0.15) is 0 Å². The second-order valence-electron chi connectivity index (χ2n) is 4.56. The molecule has 2 heterocycles. The summed E-state index contributed by atoms with van der Waals surface area (Å²) in [5.41, 5.74) is 2.45. The van der Waals surface area contributed by atoms with Crippen molar-refractivity contribution in [3.63, 3.8) is 0 Å². The van der Waals surface area contributed by atoms with Crippen molar-refractivity contribution >= 4 is 11.8 Å². The van der Waals surface area contributed by atoms with Crippen molar-refractivity contribution in [2.24, 2.45) is 0 Å². The van der Waals surface area contributed by atoms with Gasteiger partial charge in [-0.05, 0) is 35.9 Å². The summed E-state index contributed by atoms with van der Waals surface area (Å²) in [5, 5.41) is 7.83. The Morgan fingerprint density at radius 2 is 2.22 bits per heavy atom. The van der Waals surface area contributed by atoms with Gasteiger partial charge in [-0.25, -0.2) is 4.68 Å². The summed E-state index contributed by atoms with van der Waals surface area (Å²) in [7, 11) is 0. The lowest BCUT2D eigenvalue weighted by Gasteiger charge is -2.11. The molecule has 1 N–H and O–H groups in total. The second-order valence-corrected chi connectivity index (χ2v) is 5.71. The summed E-state index contributed by atoms with van der Waals surface area (Å²) in [6.45, 7) is 0.963. The van der Waals surface area contributed by atoms with E-state index in [2.05, 4.69) is 34.7 Å². The molecular formula is C14H17N3S. The minimum Gasteiger partial charge on any atom is -0.309 e. The van der Waals surface area contributed by atoms with Gasteiger partial charge in [-0.1, -0.05) is 12.1 Å². The Morgan fingerprint density at radius 3 is 2.89 bits per heavy atom. The van der Waals surface area contributed by atoms with E-state index in [9.17, 15) is 0 Å². The molecule has 18 heavy (non-hydrogen) atoms. The molecule has 1 unspecified atom stereocenters. The van der Waals surface area contributed by atoms with E-state index < -0.39 is 0 Å². The Hall–Kier alpha value is -1.26. The lowest BCUT2D eigenvalue weighted by atomic mass is 10.2. The van der Waals surface area contributed by atoms with Crippen molar-refractivity contribution in [2.45, 2.75) is 19.0 Å². The van der Waals surface area contributed by atoms with E-state index in [0.29, 0.717) is 6.04 Å². The molecular weight excluding hydrogens is 242 g/mol. The van der Waals surface area contributed by atoms with Gasteiger partial charge in [0.05, 0.1) is 5.69 Å². The van der Waals surface area contributed by atoms with Crippen LogP contribution in [0.3, 0.4) is 0 Å².